The van der Waals surface area contributed by atoms with E-state index in [9.17, 15) is 4.79 Å². The van der Waals surface area contributed by atoms with Gasteiger partial charge in [0.05, 0.1) is 32.9 Å². The van der Waals surface area contributed by atoms with Gasteiger partial charge in [-0.1, -0.05) is 65.3 Å². The number of rotatable bonds is 6. The molecule has 0 spiro atoms. The number of hydrogen-bond donors (Lipinski definition) is 1. The van der Waals surface area contributed by atoms with E-state index in [2.05, 4.69) is 22.4 Å². The molecule has 0 aliphatic heterocycles. The summed E-state index contributed by atoms with van der Waals surface area (Å²) < 4.78 is 5.37. The largest absolute Gasteiger partial charge is 0.497 e. The van der Waals surface area contributed by atoms with Crippen LogP contribution in [0.4, 0.5) is 5.82 Å². The van der Waals surface area contributed by atoms with Crippen molar-refractivity contribution in [3.63, 3.8) is 0 Å². The number of halogens is 2. The van der Waals surface area contributed by atoms with Gasteiger partial charge in [0, 0.05) is 17.6 Å². The molecule has 0 radical (unpaired) electrons. The van der Waals surface area contributed by atoms with Crippen molar-refractivity contribution in [3.8, 4) is 16.9 Å². The van der Waals surface area contributed by atoms with Gasteiger partial charge in [0.25, 0.3) is 0 Å². The highest BCUT2D eigenvalue weighted by molar-refractivity contribution is 8.00. The van der Waals surface area contributed by atoms with Crippen molar-refractivity contribution in [3.05, 3.63) is 76.9 Å². The highest BCUT2D eigenvalue weighted by atomic mass is 35.5. The minimum absolute atomic E-state index is 0.236. The van der Waals surface area contributed by atoms with Crippen LogP contribution in [0.3, 0.4) is 0 Å². The Morgan fingerprint density at radius 1 is 1.09 bits per heavy atom. The van der Waals surface area contributed by atoms with Crippen LogP contribution >= 0.6 is 35.0 Å². The molecule has 2 aromatic heterocycles. The molecule has 1 N–H and O–H groups in total. The van der Waals surface area contributed by atoms with Gasteiger partial charge >= 0.3 is 0 Å². The number of aromatic nitrogens is 2. The molecule has 0 bridgehead atoms. The topological polar surface area (TPSA) is 64.1 Å². The lowest BCUT2D eigenvalue weighted by atomic mass is 10.0. The number of nitrogens with one attached hydrogen (secondary N) is 1. The molecule has 2 heterocycles. The number of methoxy groups -OCH3 is 1. The lowest BCUT2D eigenvalue weighted by Gasteiger charge is -2.14. The highest BCUT2D eigenvalue weighted by Gasteiger charge is 2.19. The zero-order valence-electron chi connectivity index (χ0n) is 17.3. The maximum Gasteiger partial charge on any atom is 0.238 e. The van der Waals surface area contributed by atoms with E-state index in [0.29, 0.717) is 5.02 Å². The lowest BCUT2D eigenvalue weighted by molar-refractivity contribution is -0.115. The normalized spacial score (nSPS) is 11.9. The highest BCUT2D eigenvalue weighted by Crippen LogP contribution is 2.35. The number of carbonyl (C=O) groups is 1. The van der Waals surface area contributed by atoms with Gasteiger partial charge in [-0.25, -0.2) is 9.97 Å². The predicted molar refractivity (Wildman–Crippen MR) is 132 cm³/mol. The van der Waals surface area contributed by atoms with E-state index in [1.807, 2.05) is 49.4 Å². The van der Waals surface area contributed by atoms with Crippen LogP contribution in [-0.4, -0.2) is 28.2 Å². The summed E-state index contributed by atoms with van der Waals surface area (Å²) in [5.41, 5.74) is 2.90. The summed E-state index contributed by atoms with van der Waals surface area (Å²) >= 11 is 13.4. The number of hydrogen-bond acceptors (Lipinski definition) is 5. The smallest absolute Gasteiger partial charge is 0.238 e. The molecule has 0 saturated carbocycles. The fraction of sp³-hybridized carbons (Fsp3) is 0.125. The first-order valence-corrected chi connectivity index (χ1v) is 11.4. The Kier molecular flexibility index (Phi) is 6.84. The Balaban J connectivity index is 1.65. The zero-order chi connectivity index (χ0) is 22.7. The van der Waals surface area contributed by atoms with Crippen LogP contribution in [0.15, 0.2) is 71.9 Å². The van der Waals surface area contributed by atoms with E-state index >= 15 is 0 Å². The van der Waals surface area contributed by atoms with Gasteiger partial charge in [-0.05, 0) is 42.3 Å². The molecule has 1 unspecified atom stereocenters. The molecule has 2 aromatic carbocycles. The van der Waals surface area contributed by atoms with Crippen molar-refractivity contribution in [1.29, 1.82) is 0 Å². The summed E-state index contributed by atoms with van der Waals surface area (Å²) in [5, 5.41) is 4.73. The molecule has 0 fully saturated rings. The minimum Gasteiger partial charge on any atom is -0.497 e. The quantitative estimate of drug-likeness (QED) is 0.308. The molecular formula is C24H19Cl2N3O2S. The maximum atomic E-state index is 12.8. The second-order valence-corrected chi connectivity index (χ2v) is 9.20. The molecular weight excluding hydrogens is 465 g/mol. The lowest BCUT2D eigenvalue weighted by Crippen LogP contribution is -2.23. The molecule has 1 amide bonds. The first-order chi connectivity index (χ1) is 15.4. The number of carbonyl (C=O) groups excluding carboxylic acids is 1. The van der Waals surface area contributed by atoms with Gasteiger partial charge in [0.2, 0.25) is 5.91 Å². The predicted octanol–water partition coefficient (Wildman–Crippen LogP) is 6.73. The van der Waals surface area contributed by atoms with Crippen LogP contribution in [0.5, 0.6) is 5.75 Å². The molecule has 5 nitrogen and oxygen atoms in total. The first kappa shape index (κ1) is 22.4. The van der Waals surface area contributed by atoms with Crippen LogP contribution in [0.2, 0.25) is 10.0 Å². The third-order valence-electron chi connectivity index (χ3n) is 4.79. The summed E-state index contributed by atoms with van der Waals surface area (Å²) in [7, 11) is 1.63. The first-order valence-electron chi connectivity index (χ1n) is 9.77. The van der Waals surface area contributed by atoms with Gasteiger partial charge in [-0.15, -0.1) is 0 Å². The van der Waals surface area contributed by atoms with Gasteiger partial charge in [-0.3, -0.25) is 4.79 Å². The SMILES string of the molecule is COc1ccc2c(-c3ccccc3)cc(SC(C)C(=O)Nc3ncc(Cl)cc3Cl)nc2c1. The Morgan fingerprint density at radius 3 is 2.59 bits per heavy atom. The molecule has 0 aliphatic rings. The summed E-state index contributed by atoms with van der Waals surface area (Å²) in [4.78, 5) is 21.6. The number of thioether (sulfide) groups is 1. The standard InChI is InChI=1S/C24H19Cl2N3O2S/c1-14(24(30)29-23-20(26)10-16(25)13-27-23)32-22-12-19(15-6-4-3-5-7-15)18-9-8-17(31-2)11-21(18)28-22/h3-14H,1-2H3,(H,27,29,30). The number of ether oxygens (including phenoxy) is 1. The van der Waals surface area contributed by atoms with E-state index in [0.717, 1.165) is 32.8 Å². The number of anilines is 1. The third kappa shape index (κ3) is 4.99. The van der Waals surface area contributed by atoms with Crippen LogP contribution in [0, 0.1) is 0 Å². The zero-order valence-corrected chi connectivity index (χ0v) is 19.6. The van der Waals surface area contributed by atoms with Crippen molar-refractivity contribution < 1.29 is 9.53 Å². The number of benzene rings is 2. The average molecular weight is 484 g/mol. The van der Waals surface area contributed by atoms with Gasteiger partial charge in [0.15, 0.2) is 5.82 Å². The van der Waals surface area contributed by atoms with E-state index in [1.165, 1.54) is 24.0 Å². The van der Waals surface area contributed by atoms with E-state index in [4.69, 9.17) is 32.9 Å². The van der Waals surface area contributed by atoms with Crippen molar-refractivity contribution >= 4 is 57.6 Å². The van der Waals surface area contributed by atoms with Gasteiger partial charge < -0.3 is 10.1 Å². The third-order valence-corrected chi connectivity index (χ3v) is 6.31. The molecule has 1 atom stereocenters. The molecule has 4 aromatic rings. The molecule has 162 valence electrons. The second-order valence-electron chi connectivity index (χ2n) is 6.99. The van der Waals surface area contributed by atoms with Gasteiger partial charge in [-0.2, -0.15) is 0 Å². The summed E-state index contributed by atoms with van der Waals surface area (Å²) in [6, 6.07) is 19.4. The number of amides is 1. The van der Waals surface area contributed by atoms with Crippen molar-refractivity contribution in [2.45, 2.75) is 17.2 Å². The number of fused-ring (bicyclic) bond motifs is 1. The Morgan fingerprint density at radius 2 is 1.88 bits per heavy atom. The fourth-order valence-electron chi connectivity index (χ4n) is 3.19. The minimum atomic E-state index is -0.442. The van der Waals surface area contributed by atoms with E-state index < -0.39 is 5.25 Å². The average Bonchev–Trinajstić information content (AvgIpc) is 2.80. The molecule has 32 heavy (non-hydrogen) atoms. The van der Waals surface area contributed by atoms with Gasteiger partial charge in [0.1, 0.15) is 5.75 Å². The van der Waals surface area contributed by atoms with Crippen molar-refractivity contribution in [2.24, 2.45) is 0 Å². The van der Waals surface area contributed by atoms with Crippen LogP contribution in [-0.2, 0) is 4.79 Å². The molecule has 8 heteroatoms. The Bertz CT molecular complexity index is 1290. The Labute approximate surface area is 200 Å². The van der Waals surface area contributed by atoms with Crippen LogP contribution < -0.4 is 10.1 Å². The van der Waals surface area contributed by atoms with E-state index in [1.54, 1.807) is 7.11 Å². The second kappa shape index (κ2) is 9.77. The van der Waals surface area contributed by atoms with Crippen LogP contribution in [0.25, 0.3) is 22.0 Å². The van der Waals surface area contributed by atoms with E-state index in [-0.39, 0.29) is 16.7 Å². The number of nitrogens with zero attached hydrogens (tertiary/aromatic N) is 2. The summed E-state index contributed by atoms with van der Waals surface area (Å²) in [5.74, 6) is 0.760. The molecule has 0 saturated heterocycles. The summed E-state index contributed by atoms with van der Waals surface area (Å²) in [6.45, 7) is 1.81. The number of pyridine rings is 2. The van der Waals surface area contributed by atoms with Crippen LogP contribution in [0.1, 0.15) is 6.92 Å². The monoisotopic (exact) mass is 483 g/mol. The molecule has 0 aliphatic carbocycles. The van der Waals surface area contributed by atoms with Crippen molar-refractivity contribution in [2.75, 3.05) is 12.4 Å². The Hall–Kier alpha value is -2.80. The fourth-order valence-corrected chi connectivity index (χ4v) is 4.48. The maximum absolute atomic E-state index is 12.8. The molecule has 4 rings (SSSR count). The summed E-state index contributed by atoms with van der Waals surface area (Å²) in [6.07, 6.45) is 1.44. The van der Waals surface area contributed by atoms with Crippen molar-refractivity contribution in [1.82, 2.24) is 9.97 Å².